The third-order valence-corrected chi connectivity index (χ3v) is 17.7. The number of aliphatic hydroxyl groups excluding tert-OH is 3. The number of thioether (sulfide) groups is 1. The summed E-state index contributed by atoms with van der Waals surface area (Å²) in [5.74, 6) is -12.2. The lowest BCUT2D eigenvalue weighted by molar-refractivity contribution is -0.144. The van der Waals surface area contributed by atoms with Gasteiger partial charge in [-0.15, -0.1) is 0 Å². The Morgan fingerprint density at radius 1 is 0.733 bits per heavy atom. The molecule has 3 aliphatic rings. The van der Waals surface area contributed by atoms with Gasteiger partial charge in [0.25, 0.3) is 0 Å². The molecule has 5 rings (SSSR count). The molecule has 0 spiro atoms. The van der Waals surface area contributed by atoms with Gasteiger partial charge in [0, 0.05) is 66.7 Å². The molecule has 30 nitrogen and oxygen atoms in total. The van der Waals surface area contributed by atoms with Crippen LogP contribution >= 0.6 is 11.8 Å². The van der Waals surface area contributed by atoms with Gasteiger partial charge in [-0.1, -0.05) is 34.1 Å². The Labute approximate surface area is 529 Å². The SMILES string of the molecule is CCCOCCOCCOCCOCCOCCOCCOCCSCc1c(O)ccc2c3c([nH]c12)S(=O)C[C@H]1NC(=O)CNC(=O)[C@H]([C@@H](C)CC)CC(=O)CNC(=O)[C@H](C3)NC(=O)[C@H]([C@@H](C)[C@@H](O)CO)NC(=O)[C@@H]2C[C@@H](O)CN2C(=O)[C@H](CC(N)=O)NC1=O. The number of ether oxygens (including phenoxy) is 7. The Kier molecular flexibility index (Phi) is 32.8. The number of aromatic nitrogens is 1. The lowest BCUT2D eigenvalue weighted by Gasteiger charge is -2.32. The first kappa shape index (κ1) is 74.8. The Bertz CT molecular complexity index is 2730. The number of carbonyl (C=O) groups is 9. The lowest BCUT2D eigenvalue weighted by atomic mass is 9.86. The number of amides is 8. The summed E-state index contributed by atoms with van der Waals surface area (Å²) in [7, 11) is -2.46. The molecule has 1 fully saturated rings. The summed E-state index contributed by atoms with van der Waals surface area (Å²) in [6.45, 7) is 9.85. The fourth-order valence-corrected chi connectivity index (χ4v) is 12.4. The number of nitrogens with two attached hydrogens (primary N) is 1. The van der Waals surface area contributed by atoms with E-state index in [1.165, 1.54) is 30.8 Å². The molecule has 0 aliphatic carbocycles. The summed E-state index contributed by atoms with van der Waals surface area (Å²) in [5, 5.41) is 58.4. The zero-order chi connectivity index (χ0) is 65.7. The summed E-state index contributed by atoms with van der Waals surface area (Å²) in [4.78, 5) is 131. The van der Waals surface area contributed by atoms with Crippen LogP contribution in [-0.2, 0) is 99.3 Å². The second kappa shape index (κ2) is 39.5. The Morgan fingerprint density at radius 2 is 1.32 bits per heavy atom. The molecule has 0 saturated carbocycles. The van der Waals surface area contributed by atoms with Crippen LogP contribution in [-0.4, -0.2) is 260 Å². The summed E-state index contributed by atoms with van der Waals surface area (Å²) in [6.07, 6.45) is -3.94. The van der Waals surface area contributed by atoms with E-state index in [0.29, 0.717) is 83.8 Å². The van der Waals surface area contributed by atoms with Gasteiger partial charge < -0.3 is 101 Å². The van der Waals surface area contributed by atoms with E-state index in [1.807, 2.05) is 6.92 Å². The smallest absolute Gasteiger partial charge is 0.246 e. The Morgan fingerprint density at radius 3 is 1.90 bits per heavy atom. The van der Waals surface area contributed by atoms with Crippen LogP contribution in [0.25, 0.3) is 10.9 Å². The fourth-order valence-electron chi connectivity index (χ4n) is 10.1. The fraction of sp³-hybridized carbons (Fsp3) is 0.707. The maximum Gasteiger partial charge on any atom is 0.246 e. The van der Waals surface area contributed by atoms with Crippen molar-refractivity contribution >= 4 is 86.5 Å². The summed E-state index contributed by atoms with van der Waals surface area (Å²) in [6, 6.07) is -6.05. The number of nitrogens with one attached hydrogen (secondary N) is 7. The number of ketones is 1. The van der Waals surface area contributed by atoms with Gasteiger partial charge >= 0.3 is 0 Å². The summed E-state index contributed by atoms with van der Waals surface area (Å²) >= 11 is 1.36. The monoisotopic (exact) mass is 1310 g/mol. The van der Waals surface area contributed by atoms with Crippen molar-refractivity contribution in [1.82, 2.24) is 41.8 Å². The second-order valence-corrected chi connectivity index (χ2v) is 24.6. The van der Waals surface area contributed by atoms with Crippen LogP contribution < -0.4 is 37.6 Å². The molecule has 11 atom stereocenters. The van der Waals surface area contributed by atoms with Crippen LogP contribution in [0.2, 0.25) is 0 Å². The molecule has 1 unspecified atom stereocenters. The number of aromatic amines is 1. The van der Waals surface area contributed by atoms with Crippen molar-refractivity contribution in [3.63, 3.8) is 0 Å². The predicted octanol–water partition coefficient (Wildman–Crippen LogP) is -3.07. The number of fused-ring (bicyclic) bond motifs is 5. The number of nitrogens with zero attached hydrogens (tertiary/aromatic N) is 1. The topological polar surface area (TPSA) is 433 Å². The summed E-state index contributed by atoms with van der Waals surface area (Å²) in [5.41, 5.74) is 6.16. The van der Waals surface area contributed by atoms with Gasteiger partial charge in [0.05, 0.1) is 146 Å². The van der Waals surface area contributed by atoms with Gasteiger partial charge in [-0.25, -0.2) is 0 Å². The molecule has 2 aromatic rings. The highest BCUT2D eigenvalue weighted by Crippen LogP contribution is 2.36. The van der Waals surface area contributed by atoms with E-state index in [0.717, 1.165) is 17.9 Å². The Hall–Kier alpha value is -5.91. The van der Waals surface area contributed by atoms with E-state index in [2.05, 4.69) is 36.9 Å². The molecule has 4 heterocycles. The highest BCUT2D eigenvalue weighted by atomic mass is 32.2. The molecule has 1 saturated heterocycles. The molecule has 0 radical (unpaired) electrons. The van der Waals surface area contributed by atoms with E-state index in [-0.39, 0.29) is 52.8 Å². The van der Waals surface area contributed by atoms with Crippen molar-refractivity contribution in [1.29, 1.82) is 0 Å². The van der Waals surface area contributed by atoms with Gasteiger partial charge in [0.1, 0.15) is 41.0 Å². The minimum atomic E-state index is -2.46. The molecule has 13 N–H and O–H groups in total. The first-order valence-corrected chi connectivity index (χ1v) is 32.9. The molecule has 1 aromatic heterocycles. The average Bonchev–Trinajstić information content (AvgIpc) is 1.69. The van der Waals surface area contributed by atoms with E-state index < -0.39 is 182 Å². The molecule has 1 aromatic carbocycles. The van der Waals surface area contributed by atoms with Crippen LogP contribution in [0.5, 0.6) is 5.75 Å². The average molecular weight is 1310 g/mol. The minimum absolute atomic E-state index is 0.0737. The van der Waals surface area contributed by atoms with Crippen molar-refractivity contribution in [3.05, 3.63) is 23.3 Å². The third-order valence-electron chi connectivity index (χ3n) is 15.3. The molecule has 90 heavy (non-hydrogen) atoms. The largest absolute Gasteiger partial charge is 0.508 e. The van der Waals surface area contributed by atoms with Gasteiger partial charge in [-0.05, 0) is 30.0 Å². The second-order valence-electron chi connectivity index (χ2n) is 22.0. The van der Waals surface area contributed by atoms with Crippen molar-refractivity contribution in [2.75, 3.05) is 130 Å². The standard InChI is InChI=1S/C58H91N9O21S2/c1-5-9-82-10-11-83-12-13-84-14-15-85-16-17-86-18-19-87-20-21-88-22-23-89-32-41-46(71)8-7-38-40-26-42-53(76)60-28-36(69)24-39(34(3)6-2)52(75)61-29-49(74)62-44(33-90(81)57(40)66-51(38)41)54(77)64-43(27-48(59)73)58(80)67-30-37(70)25-45(67)55(78)65-50(56(79)63-42)35(4)47(72)31-68/h7-8,34-35,37,39,42-45,47,50,66,68,70-72H,5-6,9-33H2,1-4H3,(H2,59,73)(H,60,76)(H,61,75)(H,62,74)(H,63,79)(H,64,77)(H,65,78)/t34-,35-,37+,39-,42-,43-,44+,45-,47-,50-,90?/m0/s1. The lowest BCUT2D eigenvalue weighted by Crippen LogP contribution is -2.62. The summed E-state index contributed by atoms with van der Waals surface area (Å²) < 4.78 is 54.0. The van der Waals surface area contributed by atoms with Gasteiger partial charge in [0.15, 0.2) is 5.78 Å². The highest BCUT2D eigenvalue weighted by molar-refractivity contribution is 7.98. The number of hydrogen-bond donors (Lipinski definition) is 12. The van der Waals surface area contributed by atoms with Gasteiger partial charge in [0.2, 0.25) is 47.3 Å². The number of rotatable bonds is 32. The third kappa shape index (κ3) is 23.6. The first-order valence-electron chi connectivity index (χ1n) is 30.4. The van der Waals surface area contributed by atoms with E-state index in [9.17, 15) is 63.6 Å². The quantitative estimate of drug-likeness (QED) is 0.0323. The minimum Gasteiger partial charge on any atom is -0.508 e. The zero-order valence-corrected chi connectivity index (χ0v) is 53.2. The number of carbonyl (C=O) groups excluding carboxylic acids is 9. The predicted molar refractivity (Wildman–Crippen MR) is 326 cm³/mol. The molecule has 3 aliphatic heterocycles. The van der Waals surface area contributed by atoms with Crippen molar-refractivity contribution < 1.29 is 101 Å². The van der Waals surface area contributed by atoms with Crippen molar-refractivity contribution in [3.8, 4) is 5.75 Å². The number of hydrogen-bond acceptors (Lipinski definition) is 22. The normalized spacial score (nSPS) is 23.8. The number of benzene rings is 1. The Balaban J connectivity index is 1.40. The van der Waals surface area contributed by atoms with E-state index in [4.69, 9.17) is 38.9 Å². The van der Waals surface area contributed by atoms with E-state index >= 15 is 4.21 Å². The molecular weight excluding hydrogens is 1220 g/mol. The van der Waals surface area contributed by atoms with Crippen LogP contribution in [0.4, 0.5) is 0 Å². The first-order chi connectivity index (χ1) is 43.2. The number of phenolic OH excluding ortho intramolecular Hbond substituents is 1. The van der Waals surface area contributed by atoms with Crippen LogP contribution in [0.1, 0.15) is 70.9 Å². The number of Topliss-reactive ketones (excluding diaryl/α,β-unsaturated/α-hetero) is 1. The van der Waals surface area contributed by atoms with Crippen molar-refractivity contribution in [2.45, 2.75) is 119 Å². The zero-order valence-electron chi connectivity index (χ0n) is 51.6. The number of primary amides is 1. The van der Waals surface area contributed by atoms with Crippen LogP contribution in [0.3, 0.4) is 0 Å². The molecule has 2 bridgehead atoms. The molecular formula is C58H91N9O21S2. The van der Waals surface area contributed by atoms with Crippen molar-refractivity contribution in [2.24, 2.45) is 23.5 Å². The van der Waals surface area contributed by atoms with E-state index in [1.54, 1.807) is 13.8 Å². The van der Waals surface area contributed by atoms with Crippen LogP contribution in [0.15, 0.2) is 17.2 Å². The molecule has 506 valence electrons. The highest BCUT2D eigenvalue weighted by Gasteiger charge is 2.45. The number of aliphatic hydroxyl groups is 3. The number of phenols is 1. The number of aromatic hydroxyl groups is 1. The molecule has 8 amide bonds. The van der Waals surface area contributed by atoms with Crippen LogP contribution in [0, 0.1) is 17.8 Å². The maximum absolute atomic E-state index is 15.2. The molecule has 32 heteroatoms. The van der Waals surface area contributed by atoms with Gasteiger partial charge in [-0.2, -0.15) is 11.8 Å². The van der Waals surface area contributed by atoms with Gasteiger partial charge in [-0.3, -0.25) is 47.4 Å². The maximum atomic E-state index is 15.2. The number of H-pyrrole nitrogens is 1.